The molecular formula is C18H21ClN6O. The molecule has 136 valence electrons. The summed E-state index contributed by atoms with van der Waals surface area (Å²) in [7, 11) is 1.82. The van der Waals surface area contributed by atoms with Gasteiger partial charge in [0.15, 0.2) is 0 Å². The first-order valence-electron chi connectivity index (χ1n) is 8.65. The van der Waals surface area contributed by atoms with Crippen LogP contribution in [0.3, 0.4) is 0 Å². The summed E-state index contributed by atoms with van der Waals surface area (Å²) in [6, 6.07) is 5.76. The number of rotatable bonds is 4. The molecule has 1 aliphatic rings. The molecule has 7 nitrogen and oxygen atoms in total. The second-order valence-electron chi connectivity index (χ2n) is 6.60. The molecule has 3 aromatic heterocycles. The number of aromatic nitrogens is 5. The fourth-order valence-electron chi connectivity index (χ4n) is 3.40. The normalized spacial score (nSPS) is 16.3. The zero-order valence-electron chi connectivity index (χ0n) is 14.6. The summed E-state index contributed by atoms with van der Waals surface area (Å²) in [5, 5.41) is 20.1. The molecule has 1 aliphatic heterocycles. The largest absolute Gasteiger partial charge is 0.380 e. The predicted molar refractivity (Wildman–Crippen MR) is 97.5 cm³/mol. The lowest BCUT2D eigenvalue weighted by atomic mass is 10.1. The zero-order chi connectivity index (χ0) is 18.1. The van der Waals surface area contributed by atoms with Gasteiger partial charge in [0, 0.05) is 51.8 Å². The molecular weight excluding hydrogens is 352 g/mol. The number of fused-ring (bicyclic) bond motifs is 1. The van der Waals surface area contributed by atoms with Crippen LogP contribution >= 0.6 is 11.6 Å². The summed E-state index contributed by atoms with van der Waals surface area (Å²) in [5.41, 5.74) is 3.57. The van der Waals surface area contributed by atoms with Crippen LogP contribution in [0.25, 0.3) is 0 Å². The van der Waals surface area contributed by atoms with Crippen LogP contribution in [-0.2, 0) is 26.7 Å². The van der Waals surface area contributed by atoms with Gasteiger partial charge in [0.2, 0.25) is 0 Å². The van der Waals surface area contributed by atoms with Crippen molar-refractivity contribution in [3.05, 3.63) is 64.5 Å². The standard InChI is InChI=1S/C18H21ClN6O/c1-23-17(4-6-21-23)18(26)16-9-14-12-24(7-2-8-25(14)22-16)11-13-3-5-20-10-15(13)19/h3-6,9-10,18,26H,2,7-8,11-12H2,1H3/t18-/m1/s1. The second-order valence-corrected chi connectivity index (χ2v) is 7.00. The number of aliphatic hydroxyl groups is 1. The van der Waals surface area contributed by atoms with E-state index in [1.54, 1.807) is 23.3 Å². The Labute approximate surface area is 156 Å². The van der Waals surface area contributed by atoms with Crippen LogP contribution in [-0.4, -0.2) is 41.1 Å². The summed E-state index contributed by atoms with van der Waals surface area (Å²) in [6.07, 6.45) is 5.36. The number of hydrogen-bond donors (Lipinski definition) is 1. The van der Waals surface area contributed by atoms with Crippen molar-refractivity contribution in [2.75, 3.05) is 6.54 Å². The summed E-state index contributed by atoms with van der Waals surface area (Å²) in [4.78, 5) is 6.40. The van der Waals surface area contributed by atoms with E-state index in [1.165, 1.54) is 0 Å². The molecule has 26 heavy (non-hydrogen) atoms. The van der Waals surface area contributed by atoms with E-state index in [2.05, 4.69) is 20.1 Å². The molecule has 8 heteroatoms. The highest BCUT2D eigenvalue weighted by Gasteiger charge is 2.22. The van der Waals surface area contributed by atoms with E-state index < -0.39 is 6.10 Å². The Morgan fingerprint density at radius 1 is 1.27 bits per heavy atom. The van der Waals surface area contributed by atoms with Gasteiger partial charge in [-0.25, -0.2) is 0 Å². The van der Waals surface area contributed by atoms with Crippen LogP contribution in [0.4, 0.5) is 0 Å². The molecule has 0 aromatic carbocycles. The lowest BCUT2D eigenvalue weighted by Crippen LogP contribution is -2.23. The smallest absolute Gasteiger partial charge is 0.139 e. The predicted octanol–water partition coefficient (Wildman–Crippen LogP) is 2.15. The van der Waals surface area contributed by atoms with Crippen LogP contribution in [0.15, 0.2) is 36.8 Å². The quantitative estimate of drug-likeness (QED) is 0.759. The molecule has 0 unspecified atom stereocenters. The fraction of sp³-hybridized carbons (Fsp3) is 0.389. The second kappa shape index (κ2) is 7.19. The number of nitrogens with zero attached hydrogens (tertiary/aromatic N) is 6. The van der Waals surface area contributed by atoms with Crippen LogP contribution in [0, 0.1) is 0 Å². The van der Waals surface area contributed by atoms with E-state index in [9.17, 15) is 5.11 Å². The first-order chi connectivity index (χ1) is 12.6. The Hall–Kier alpha value is -2.22. The third kappa shape index (κ3) is 3.38. The summed E-state index contributed by atoms with van der Waals surface area (Å²) in [5.74, 6) is 0. The van der Waals surface area contributed by atoms with Gasteiger partial charge in [-0.15, -0.1) is 0 Å². The summed E-state index contributed by atoms with van der Waals surface area (Å²) < 4.78 is 3.68. The lowest BCUT2D eigenvalue weighted by Gasteiger charge is -2.20. The molecule has 0 amide bonds. The first-order valence-corrected chi connectivity index (χ1v) is 9.03. The molecule has 0 aliphatic carbocycles. The van der Waals surface area contributed by atoms with Gasteiger partial charge >= 0.3 is 0 Å². The average molecular weight is 373 g/mol. The minimum atomic E-state index is -0.773. The minimum absolute atomic E-state index is 0.660. The maximum absolute atomic E-state index is 10.6. The highest BCUT2D eigenvalue weighted by molar-refractivity contribution is 6.31. The summed E-state index contributed by atoms with van der Waals surface area (Å²) >= 11 is 6.25. The van der Waals surface area contributed by atoms with E-state index in [0.29, 0.717) is 10.7 Å². The number of halogens is 1. The average Bonchev–Trinajstić information content (AvgIpc) is 3.18. The molecule has 0 bridgehead atoms. The van der Waals surface area contributed by atoms with Gasteiger partial charge in [0.25, 0.3) is 0 Å². The third-order valence-corrected chi connectivity index (χ3v) is 5.12. The van der Waals surface area contributed by atoms with Gasteiger partial charge in [-0.2, -0.15) is 10.2 Å². The van der Waals surface area contributed by atoms with Crippen molar-refractivity contribution in [2.24, 2.45) is 7.05 Å². The lowest BCUT2D eigenvalue weighted by molar-refractivity contribution is 0.203. The first kappa shape index (κ1) is 17.2. The summed E-state index contributed by atoms with van der Waals surface area (Å²) in [6.45, 7) is 3.35. The molecule has 0 saturated heterocycles. The molecule has 4 heterocycles. The number of hydrogen-bond acceptors (Lipinski definition) is 5. The highest BCUT2D eigenvalue weighted by Crippen LogP contribution is 2.24. The van der Waals surface area contributed by atoms with Crippen molar-refractivity contribution in [3.63, 3.8) is 0 Å². The third-order valence-electron chi connectivity index (χ3n) is 4.78. The molecule has 0 fully saturated rings. The Balaban J connectivity index is 1.54. The molecule has 1 atom stereocenters. The van der Waals surface area contributed by atoms with E-state index in [-0.39, 0.29) is 0 Å². The van der Waals surface area contributed by atoms with Gasteiger partial charge in [-0.3, -0.25) is 19.2 Å². The highest BCUT2D eigenvalue weighted by atomic mass is 35.5. The number of aliphatic hydroxyl groups excluding tert-OH is 1. The maximum atomic E-state index is 10.6. The minimum Gasteiger partial charge on any atom is -0.380 e. The van der Waals surface area contributed by atoms with Gasteiger partial charge in [0.1, 0.15) is 6.10 Å². The molecule has 0 spiro atoms. The van der Waals surface area contributed by atoms with Crippen molar-refractivity contribution in [2.45, 2.75) is 32.2 Å². The van der Waals surface area contributed by atoms with Gasteiger partial charge in [-0.05, 0) is 30.2 Å². The van der Waals surface area contributed by atoms with E-state index >= 15 is 0 Å². The van der Waals surface area contributed by atoms with Crippen LogP contribution in [0.5, 0.6) is 0 Å². The van der Waals surface area contributed by atoms with Crippen LogP contribution < -0.4 is 0 Å². The SMILES string of the molecule is Cn1nccc1[C@H](O)c1cc2n(n1)CCCN(Cc1ccncc1Cl)C2. The molecule has 3 aromatic rings. The fourth-order valence-corrected chi connectivity index (χ4v) is 3.58. The van der Waals surface area contributed by atoms with Crippen molar-refractivity contribution < 1.29 is 5.11 Å². The topological polar surface area (TPSA) is 72.0 Å². The van der Waals surface area contributed by atoms with Crippen LogP contribution in [0.2, 0.25) is 5.02 Å². The van der Waals surface area contributed by atoms with Crippen molar-refractivity contribution in [1.29, 1.82) is 0 Å². The monoisotopic (exact) mass is 372 g/mol. The van der Waals surface area contributed by atoms with E-state index in [4.69, 9.17) is 11.6 Å². The number of aryl methyl sites for hydroxylation is 2. The number of pyridine rings is 1. The van der Waals surface area contributed by atoms with Crippen molar-refractivity contribution >= 4 is 11.6 Å². The maximum Gasteiger partial charge on any atom is 0.139 e. The Morgan fingerprint density at radius 3 is 2.92 bits per heavy atom. The van der Waals surface area contributed by atoms with Crippen LogP contribution in [0.1, 0.15) is 35.2 Å². The Bertz CT molecular complexity index is 905. The van der Waals surface area contributed by atoms with Crippen molar-refractivity contribution in [3.8, 4) is 0 Å². The van der Waals surface area contributed by atoms with Gasteiger partial charge in [0.05, 0.1) is 22.1 Å². The van der Waals surface area contributed by atoms with E-state index in [1.807, 2.05) is 29.9 Å². The zero-order valence-corrected chi connectivity index (χ0v) is 15.3. The molecule has 1 N–H and O–H groups in total. The van der Waals surface area contributed by atoms with E-state index in [0.717, 1.165) is 49.6 Å². The Morgan fingerprint density at radius 2 is 2.15 bits per heavy atom. The molecule has 4 rings (SSSR count). The van der Waals surface area contributed by atoms with Gasteiger partial charge in [-0.1, -0.05) is 11.6 Å². The molecule has 0 saturated carbocycles. The van der Waals surface area contributed by atoms with Gasteiger partial charge < -0.3 is 5.11 Å². The molecule has 0 radical (unpaired) electrons. The Kier molecular flexibility index (Phi) is 4.76. The van der Waals surface area contributed by atoms with Crippen molar-refractivity contribution in [1.82, 2.24) is 29.4 Å².